The average Bonchev–Trinajstić information content (AvgIpc) is 2.28. The number of anilines is 1. The molecule has 1 rings (SSSR count). The molecule has 0 fully saturated rings. The molecular formula is C13H23N3. The molecular weight excluding hydrogens is 198 g/mol. The molecule has 0 amide bonds. The van der Waals surface area contributed by atoms with E-state index < -0.39 is 0 Å². The van der Waals surface area contributed by atoms with E-state index in [1.54, 1.807) is 0 Å². The number of pyridine rings is 1. The van der Waals surface area contributed by atoms with Gasteiger partial charge in [-0.05, 0) is 44.9 Å². The van der Waals surface area contributed by atoms with Crippen molar-refractivity contribution in [2.75, 3.05) is 11.9 Å². The first-order valence-electron chi connectivity index (χ1n) is 5.84. The number of hydrogen-bond donors (Lipinski definition) is 1. The molecule has 1 aromatic heterocycles. The third-order valence-corrected chi connectivity index (χ3v) is 3.41. The Labute approximate surface area is 98.7 Å². The van der Waals surface area contributed by atoms with Crippen LogP contribution >= 0.6 is 0 Å². The molecule has 0 aromatic carbocycles. The van der Waals surface area contributed by atoms with Crippen LogP contribution in [0.4, 0.5) is 5.82 Å². The van der Waals surface area contributed by atoms with Gasteiger partial charge in [-0.1, -0.05) is 6.92 Å². The highest BCUT2D eigenvalue weighted by molar-refractivity contribution is 5.43. The number of nitrogens with two attached hydrogens (primary N) is 1. The van der Waals surface area contributed by atoms with Crippen LogP contribution in [0, 0.1) is 0 Å². The Hall–Kier alpha value is -1.09. The van der Waals surface area contributed by atoms with E-state index in [0.717, 1.165) is 17.8 Å². The second kappa shape index (κ2) is 4.83. The van der Waals surface area contributed by atoms with Gasteiger partial charge in [0.1, 0.15) is 5.82 Å². The summed E-state index contributed by atoms with van der Waals surface area (Å²) in [4.78, 5) is 6.61. The fourth-order valence-electron chi connectivity index (χ4n) is 1.45. The molecule has 0 bridgehead atoms. The monoisotopic (exact) mass is 221 g/mol. The summed E-state index contributed by atoms with van der Waals surface area (Å²) in [6, 6.07) is 4.10. The highest BCUT2D eigenvalue weighted by Crippen LogP contribution is 2.24. The normalized spacial score (nSPS) is 13.6. The van der Waals surface area contributed by atoms with E-state index in [-0.39, 0.29) is 11.6 Å². The van der Waals surface area contributed by atoms with Crippen molar-refractivity contribution >= 4 is 5.82 Å². The molecule has 0 aliphatic heterocycles. The van der Waals surface area contributed by atoms with Crippen LogP contribution in [0.5, 0.6) is 0 Å². The summed E-state index contributed by atoms with van der Waals surface area (Å²) in [6.45, 7) is 8.61. The molecule has 3 heteroatoms. The van der Waals surface area contributed by atoms with Crippen LogP contribution in [0.15, 0.2) is 18.3 Å². The summed E-state index contributed by atoms with van der Waals surface area (Å²) in [5.74, 6) is 0.988. The zero-order valence-corrected chi connectivity index (χ0v) is 11.0. The van der Waals surface area contributed by atoms with E-state index in [1.165, 1.54) is 0 Å². The summed E-state index contributed by atoms with van der Waals surface area (Å²) in [5, 5.41) is 0. The van der Waals surface area contributed by atoms with Gasteiger partial charge >= 0.3 is 0 Å². The lowest BCUT2D eigenvalue weighted by Gasteiger charge is -2.36. The van der Waals surface area contributed by atoms with Crippen LogP contribution in [-0.4, -0.2) is 17.6 Å². The van der Waals surface area contributed by atoms with Crippen molar-refractivity contribution in [3.63, 3.8) is 0 Å². The Kier molecular flexibility index (Phi) is 3.92. The second-order valence-corrected chi connectivity index (χ2v) is 4.96. The third kappa shape index (κ3) is 2.73. The summed E-state index contributed by atoms with van der Waals surface area (Å²) in [6.07, 6.45) is 2.91. The fraction of sp³-hybridized carbons (Fsp3) is 0.615. The van der Waals surface area contributed by atoms with Gasteiger partial charge in [0.2, 0.25) is 0 Å². The van der Waals surface area contributed by atoms with E-state index in [0.29, 0.717) is 0 Å². The molecule has 0 saturated carbocycles. The molecule has 1 heterocycles. The molecule has 0 saturated heterocycles. The van der Waals surface area contributed by atoms with Crippen LogP contribution in [0.3, 0.4) is 0 Å². The lowest BCUT2D eigenvalue weighted by Crippen LogP contribution is -2.41. The molecule has 1 aromatic rings. The van der Waals surface area contributed by atoms with Crippen molar-refractivity contribution in [1.29, 1.82) is 0 Å². The molecule has 0 radical (unpaired) electrons. The van der Waals surface area contributed by atoms with E-state index in [2.05, 4.69) is 43.8 Å². The first kappa shape index (κ1) is 13.0. The van der Waals surface area contributed by atoms with Crippen molar-refractivity contribution in [3.8, 4) is 0 Å². The standard InChI is InChI=1S/C13H23N3/c1-6-13(3,4)16(5)12-9-11(10(2)14)7-8-15-12/h7-10H,6,14H2,1-5H3/t10-/m0/s1. The van der Waals surface area contributed by atoms with Gasteiger partial charge in [0.25, 0.3) is 0 Å². The van der Waals surface area contributed by atoms with Crippen molar-refractivity contribution in [3.05, 3.63) is 23.9 Å². The average molecular weight is 221 g/mol. The quantitative estimate of drug-likeness (QED) is 0.850. The van der Waals surface area contributed by atoms with Crippen molar-refractivity contribution < 1.29 is 0 Å². The molecule has 2 N–H and O–H groups in total. The Morgan fingerprint density at radius 3 is 2.62 bits per heavy atom. The fourth-order valence-corrected chi connectivity index (χ4v) is 1.45. The lowest BCUT2D eigenvalue weighted by atomic mass is 9.99. The summed E-state index contributed by atoms with van der Waals surface area (Å²) in [5.41, 5.74) is 7.12. The Morgan fingerprint density at radius 1 is 1.50 bits per heavy atom. The number of aromatic nitrogens is 1. The van der Waals surface area contributed by atoms with Crippen molar-refractivity contribution in [1.82, 2.24) is 4.98 Å². The smallest absolute Gasteiger partial charge is 0.128 e. The van der Waals surface area contributed by atoms with Crippen molar-refractivity contribution in [2.24, 2.45) is 5.73 Å². The zero-order chi connectivity index (χ0) is 12.3. The minimum Gasteiger partial charge on any atom is -0.355 e. The van der Waals surface area contributed by atoms with Crippen LogP contribution in [-0.2, 0) is 0 Å². The minimum absolute atomic E-state index is 0.0555. The van der Waals surface area contributed by atoms with Gasteiger partial charge in [0, 0.05) is 24.8 Å². The van der Waals surface area contributed by atoms with E-state index in [1.807, 2.05) is 19.2 Å². The van der Waals surface area contributed by atoms with Gasteiger partial charge in [-0.25, -0.2) is 4.98 Å². The van der Waals surface area contributed by atoms with Gasteiger partial charge in [0.05, 0.1) is 0 Å². The minimum atomic E-state index is 0.0555. The molecule has 16 heavy (non-hydrogen) atoms. The van der Waals surface area contributed by atoms with E-state index >= 15 is 0 Å². The molecule has 0 aliphatic rings. The largest absolute Gasteiger partial charge is 0.355 e. The maximum Gasteiger partial charge on any atom is 0.128 e. The van der Waals surface area contributed by atoms with Crippen LogP contribution in [0.2, 0.25) is 0 Å². The number of nitrogens with zero attached hydrogens (tertiary/aromatic N) is 2. The molecule has 0 unspecified atom stereocenters. The Morgan fingerprint density at radius 2 is 2.12 bits per heavy atom. The second-order valence-electron chi connectivity index (χ2n) is 4.96. The van der Waals surface area contributed by atoms with E-state index in [9.17, 15) is 0 Å². The molecule has 90 valence electrons. The summed E-state index contributed by atoms with van der Waals surface area (Å²) >= 11 is 0. The van der Waals surface area contributed by atoms with Gasteiger partial charge in [0.15, 0.2) is 0 Å². The highest BCUT2D eigenvalue weighted by Gasteiger charge is 2.22. The Balaban J connectivity index is 3.00. The molecule has 0 spiro atoms. The van der Waals surface area contributed by atoms with Gasteiger partial charge in [-0.2, -0.15) is 0 Å². The lowest BCUT2D eigenvalue weighted by molar-refractivity contribution is 0.467. The number of rotatable bonds is 4. The van der Waals surface area contributed by atoms with Crippen molar-refractivity contribution in [2.45, 2.75) is 45.7 Å². The maximum absolute atomic E-state index is 5.88. The predicted molar refractivity (Wildman–Crippen MR) is 69.6 cm³/mol. The third-order valence-electron chi connectivity index (χ3n) is 3.41. The summed E-state index contributed by atoms with van der Waals surface area (Å²) in [7, 11) is 2.08. The van der Waals surface area contributed by atoms with Crippen LogP contribution in [0.25, 0.3) is 0 Å². The molecule has 0 aliphatic carbocycles. The topological polar surface area (TPSA) is 42.1 Å². The maximum atomic E-state index is 5.88. The SMILES string of the molecule is CCC(C)(C)N(C)c1cc([C@H](C)N)ccn1. The first-order chi connectivity index (χ1) is 7.38. The van der Waals surface area contributed by atoms with Gasteiger partial charge in [-0.3, -0.25) is 0 Å². The van der Waals surface area contributed by atoms with Crippen LogP contribution < -0.4 is 10.6 Å². The van der Waals surface area contributed by atoms with E-state index in [4.69, 9.17) is 5.73 Å². The predicted octanol–water partition coefficient (Wildman–Crippen LogP) is 2.73. The number of hydrogen-bond acceptors (Lipinski definition) is 3. The van der Waals surface area contributed by atoms with Gasteiger partial charge in [-0.15, -0.1) is 0 Å². The van der Waals surface area contributed by atoms with Gasteiger partial charge < -0.3 is 10.6 Å². The van der Waals surface area contributed by atoms with Crippen LogP contribution in [0.1, 0.15) is 45.7 Å². The zero-order valence-electron chi connectivity index (χ0n) is 11.0. The Bertz CT molecular complexity index is 345. The highest BCUT2D eigenvalue weighted by atomic mass is 15.2. The molecule has 1 atom stereocenters. The first-order valence-corrected chi connectivity index (χ1v) is 5.84. The molecule has 3 nitrogen and oxygen atoms in total. The summed E-state index contributed by atoms with van der Waals surface area (Å²) < 4.78 is 0.